The summed E-state index contributed by atoms with van der Waals surface area (Å²) < 4.78 is 0. The highest BCUT2D eigenvalue weighted by atomic mass is 14.3. The summed E-state index contributed by atoms with van der Waals surface area (Å²) in [6, 6.07) is 0. The highest BCUT2D eigenvalue weighted by Crippen LogP contribution is 2.44. The zero-order valence-electron chi connectivity index (χ0n) is 8.10. The van der Waals surface area contributed by atoms with Gasteiger partial charge in [0.15, 0.2) is 0 Å². The molecule has 3 rings (SSSR count). The molecule has 3 aliphatic carbocycles. The molecule has 68 valence electrons. The van der Waals surface area contributed by atoms with Gasteiger partial charge >= 0.3 is 0 Å². The summed E-state index contributed by atoms with van der Waals surface area (Å²) in [5, 5.41) is 0. The second-order valence-electron chi connectivity index (χ2n) is 4.41. The molecule has 0 aliphatic heterocycles. The molecule has 0 atom stereocenters. The van der Waals surface area contributed by atoms with E-state index in [9.17, 15) is 0 Å². The lowest BCUT2D eigenvalue weighted by Crippen LogP contribution is -1.97. The molecule has 0 radical (unpaired) electrons. The average Bonchev–Trinajstić information content (AvgIpc) is 2.56. The summed E-state index contributed by atoms with van der Waals surface area (Å²) in [5.74, 6) is 0. The van der Waals surface area contributed by atoms with Gasteiger partial charge in [-0.3, -0.25) is 0 Å². The van der Waals surface area contributed by atoms with Crippen LogP contribution in [0.5, 0.6) is 0 Å². The van der Waals surface area contributed by atoms with Crippen molar-refractivity contribution in [3.63, 3.8) is 0 Å². The highest BCUT2D eigenvalue weighted by molar-refractivity contribution is 5.53. The van der Waals surface area contributed by atoms with Crippen molar-refractivity contribution in [1.29, 1.82) is 0 Å². The summed E-state index contributed by atoms with van der Waals surface area (Å²) in [4.78, 5) is 0. The molecule has 0 unspecified atom stereocenters. The molecule has 0 bridgehead atoms. The lowest BCUT2D eigenvalue weighted by molar-refractivity contribution is 0.673. The van der Waals surface area contributed by atoms with Crippen LogP contribution in [0.15, 0.2) is 34.4 Å². The molecule has 0 saturated carbocycles. The fraction of sp³-hybridized carbons (Fsp3) is 0.538. The molecule has 0 amide bonds. The van der Waals surface area contributed by atoms with E-state index in [4.69, 9.17) is 0 Å². The number of rotatable bonds is 0. The summed E-state index contributed by atoms with van der Waals surface area (Å²) in [7, 11) is 0. The SMILES string of the molecule is C1=CC2=C(CC1)C1=C(CCCC1)C2. The largest absolute Gasteiger partial charge is 0.0839 e. The summed E-state index contributed by atoms with van der Waals surface area (Å²) in [5.41, 5.74) is 6.93. The molecule has 0 nitrogen and oxygen atoms in total. The second-order valence-corrected chi connectivity index (χ2v) is 4.41. The Kier molecular flexibility index (Phi) is 1.68. The van der Waals surface area contributed by atoms with Crippen molar-refractivity contribution in [3.05, 3.63) is 34.4 Å². The van der Waals surface area contributed by atoms with Crippen LogP contribution in [0, 0.1) is 0 Å². The van der Waals surface area contributed by atoms with Crippen molar-refractivity contribution in [1.82, 2.24) is 0 Å². The summed E-state index contributed by atoms with van der Waals surface area (Å²) in [6.45, 7) is 0. The summed E-state index contributed by atoms with van der Waals surface area (Å²) >= 11 is 0. The van der Waals surface area contributed by atoms with Crippen LogP contribution in [0.3, 0.4) is 0 Å². The summed E-state index contributed by atoms with van der Waals surface area (Å²) in [6.07, 6.45) is 14.2. The third kappa shape index (κ3) is 1.12. The molecule has 0 aromatic carbocycles. The maximum Gasteiger partial charge on any atom is -0.00585 e. The van der Waals surface area contributed by atoms with Crippen LogP contribution in [0.1, 0.15) is 44.9 Å². The molecule has 0 fully saturated rings. The normalized spacial score (nSPS) is 26.5. The van der Waals surface area contributed by atoms with Gasteiger partial charge < -0.3 is 0 Å². The molecule has 3 aliphatic rings. The quantitative estimate of drug-likeness (QED) is 0.519. The van der Waals surface area contributed by atoms with E-state index in [-0.39, 0.29) is 0 Å². The van der Waals surface area contributed by atoms with Gasteiger partial charge in [0.1, 0.15) is 0 Å². The topological polar surface area (TPSA) is 0 Å². The second kappa shape index (κ2) is 2.87. The van der Waals surface area contributed by atoms with E-state index in [1.54, 1.807) is 22.3 Å². The van der Waals surface area contributed by atoms with Crippen molar-refractivity contribution < 1.29 is 0 Å². The van der Waals surface area contributed by atoms with Crippen LogP contribution in [-0.4, -0.2) is 0 Å². The van der Waals surface area contributed by atoms with Crippen molar-refractivity contribution in [2.24, 2.45) is 0 Å². The Morgan fingerprint density at radius 3 is 2.85 bits per heavy atom. The van der Waals surface area contributed by atoms with Crippen LogP contribution in [0.25, 0.3) is 0 Å². The third-order valence-corrected chi connectivity index (χ3v) is 3.62. The first-order valence-electron chi connectivity index (χ1n) is 5.55. The number of allylic oxidation sites excluding steroid dienone is 6. The van der Waals surface area contributed by atoms with Gasteiger partial charge in [0.05, 0.1) is 0 Å². The van der Waals surface area contributed by atoms with Crippen LogP contribution < -0.4 is 0 Å². The smallest absolute Gasteiger partial charge is 0.00585 e. The minimum atomic E-state index is 1.27. The van der Waals surface area contributed by atoms with Gasteiger partial charge in [0, 0.05) is 0 Å². The highest BCUT2D eigenvalue weighted by Gasteiger charge is 2.25. The monoisotopic (exact) mass is 172 g/mol. The molecule has 0 saturated heterocycles. The Hall–Kier alpha value is -0.780. The zero-order chi connectivity index (χ0) is 8.67. The van der Waals surface area contributed by atoms with Crippen molar-refractivity contribution in [2.45, 2.75) is 44.9 Å². The number of hydrogen-bond donors (Lipinski definition) is 0. The van der Waals surface area contributed by atoms with Crippen LogP contribution >= 0.6 is 0 Å². The average molecular weight is 172 g/mol. The predicted molar refractivity (Wildman–Crippen MR) is 55.5 cm³/mol. The Morgan fingerprint density at radius 1 is 0.923 bits per heavy atom. The molecule has 13 heavy (non-hydrogen) atoms. The van der Waals surface area contributed by atoms with Gasteiger partial charge in [-0.2, -0.15) is 0 Å². The van der Waals surface area contributed by atoms with E-state index in [1.807, 2.05) is 0 Å². The molecule has 0 aromatic heterocycles. The van der Waals surface area contributed by atoms with Gasteiger partial charge in [0.2, 0.25) is 0 Å². The minimum absolute atomic E-state index is 1.27. The zero-order valence-corrected chi connectivity index (χ0v) is 8.10. The van der Waals surface area contributed by atoms with Gasteiger partial charge in [0.25, 0.3) is 0 Å². The lowest BCUT2D eigenvalue weighted by Gasteiger charge is -2.17. The Morgan fingerprint density at radius 2 is 1.85 bits per heavy atom. The molecule has 0 spiro atoms. The molecular weight excluding hydrogens is 156 g/mol. The molecule has 0 heterocycles. The molecule has 0 aromatic rings. The van der Waals surface area contributed by atoms with E-state index in [0.717, 1.165) is 0 Å². The van der Waals surface area contributed by atoms with Crippen molar-refractivity contribution in [2.75, 3.05) is 0 Å². The maximum absolute atomic E-state index is 2.37. The number of fused-ring (bicyclic) bond motifs is 1. The number of hydrogen-bond acceptors (Lipinski definition) is 0. The fourth-order valence-electron chi connectivity index (χ4n) is 2.98. The van der Waals surface area contributed by atoms with Crippen molar-refractivity contribution >= 4 is 0 Å². The lowest BCUT2D eigenvalue weighted by atomic mass is 9.89. The maximum atomic E-state index is 2.37. The van der Waals surface area contributed by atoms with E-state index in [0.29, 0.717) is 0 Å². The standard InChI is InChI=1S/C13H16/c1-3-7-12-10(5-1)9-11-6-2-4-8-13(11)12/h1,5H,2-4,6-9H2. The van der Waals surface area contributed by atoms with Crippen LogP contribution in [-0.2, 0) is 0 Å². The van der Waals surface area contributed by atoms with Gasteiger partial charge in [-0.25, -0.2) is 0 Å². The minimum Gasteiger partial charge on any atom is -0.0839 e. The Labute approximate surface area is 80.0 Å². The Balaban J connectivity index is 2.00. The van der Waals surface area contributed by atoms with Crippen LogP contribution in [0.2, 0.25) is 0 Å². The van der Waals surface area contributed by atoms with Gasteiger partial charge in [-0.15, -0.1) is 0 Å². The third-order valence-electron chi connectivity index (χ3n) is 3.62. The first-order chi connectivity index (χ1) is 6.45. The first-order valence-corrected chi connectivity index (χ1v) is 5.55. The van der Waals surface area contributed by atoms with E-state index < -0.39 is 0 Å². The molecular formula is C13H16. The Bertz CT molecular complexity index is 326. The first kappa shape index (κ1) is 7.61. The predicted octanol–water partition coefficient (Wildman–Crippen LogP) is 3.91. The molecule has 0 N–H and O–H groups in total. The fourth-order valence-corrected chi connectivity index (χ4v) is 2.98. The molecule has 0 heteroatoms. The van der Waals surface area contributed by atoms with E-state index in [2.05, 4.69) is 12.2 Å². The van der Waals surface area contributed by atoms with Crippen LogP contribution in [0.4, 0.5) is 0 Å². The van der Waals surface area contributed by atoms with Gasteiger partial charge in [-0.1, -0.05) is 17.7 Å². The van der Waals surface area contributed by atoms with Gasteiger partial charge in [-0.05, 0) is 61.7 Å². The van der Waals surface area contributed by atoms with E-state index >= 15 is 0 Å². The van der Waals surface area contributed by atoms with Crippen molar-refractivity contribution in [3.8, 4) is 0 Å². The van der Waals surface area contributed by atoms with E-state index in [1.165, 1.54) is 44.9 Å².